The van der Waals surface area contributed by atoms with Gasteiger partial charge < -0.3 is 27.1 Å². The number of aromatic nitrogens is 3. The van der Waals surface area contributed by atoms with Crippen molar-refractivity contribution in [3.63, 3.8) is 0 Å². The lowest BCUT2D eigenvalue weighted by Gasteiger charge is -2.31. The molecule has 1 aliphatic rings. The maximum atomic E-state index is 15.1. The fraction of sp³-hybridized carbons (Fsp3) is 0.424. The second kappa shape index (κ2) is 14.5. The number of nitrogens with zero attached hydrogens (tertiary/aromatic N) is 3. The molecular weight excluding hydrogens is 579 g/mol. The largest absolute Gasteiger partial charge is 0.373 e. The van der Waals surface area contributed by atoms with Gasteiger partial charge in [-0.3, -0.25) is 9.56 Å². The Kier molecular flexibility index (Phi) is 10.5. The van der Waals surface area contributed by atoms with E-state index in [9.17, 15) is 4.79 Å². The molecule has 234 valence electrons. The molecule has 9 nitrogen and oxygen atoms in total. The molecule has 1 saturated heterocycles. The second-order valence-corrected chi connectivity index (χ2v) is 12.1. The van der Waals surface area contributed by atoms with Crippen molar-refractivity contribution in [3.05, 3.63) is 81.1 Å². The Labute approximate surface area is 262 Å². The van der Waals surface area contributed by atoms with Crippen LogP contribution in [-0.2, 0) is 6.42 Å². The first-order chi connectivity index (χ1) is 21.2. The van der Waals surface area contributed by atoms with Crippen molar-refractivity contribution in [2.24, 2.45) is 16.5 Å². The van der Waals surface area contributed by atoms with Gasteiger partial charge in [-0.25, -0.2) is 9.18 Å². The van der Waals surface area contributed by atoms with Gasteiger partial charge in [-0.05, 0) is 86.9 Å². The lowest BCUT2D eigenvalue weighted by Crippen LogP contribution is -2.40. The molecule has 4 aromatic rings. The first kappa shape index (κ1) is 31.8. The van der Waals surface area contributed by atoms with Crippen LogP contribution in [0.4, 0.5) is 4.39 Å². The number of amidine groups is 1. The van der Waals surface area contributed by atoms with Crippen LogP contribution in [0.15, 0.2) is 58.4 Å². The van der Waals surface area contributed by atoms with Gasteiger partial charge in [0, 0.05) is 48.9 Å². The summed E-state index contributed by atoms with van der Waals surface area (Å²) in [5.41, 5.74) is 15.2. The van der Waals surface area contributed by atoms with Gasteiger partial charge in [-0.1, -0.05) is 30.2 Å². The number of nitrogens with two attached hydrogens (primary N) is 2. The number of rotatable bonds is 11. The highest BCUT2D eigenvalue weighted by Gasteiger charge is 2.22. The van der Waals surface area contributed by atoms with Gasteiger partial charge >= 0.3 is 5.69 Å². The molecular formula is C33H42ClFN8O. The molecule has 7 N–H and O–H groups in total. The van der Waals surface area contributed by atoms with E-state index in [1.165, 1.54) is 10.1 Å². The lowest BCUT2D eigenvalue weighted by molar-refractivity contribution is 0.312. The van der Waals surface area contributed by atoms with Gasteiger partial charge in [0.15, 0.2) is 5.82 Å². The zero-order valence-corrected chi connectivity index (χ0v) is 26.1. The number of aromatic amines is 1. The Hall–Kier alpha value is -3.57. The number of hydrogen-bond acceptors (Lipinski definition) is 6. The van der Waals surface area contributed by atoms with Gasteiger partial charge in [-0.15, -0.1) is 0 Å². The first-order valence-corrected chi connectivity index (χ1v) is 15.8. The predicted molar refractivity (Wildman–Crippen MR) is 177 cm³/mol. The molecule has 44 heavy (non-hydrogen) atoms. The molecule has 2 aromatic carbocycles. The number of fused-ring (bicyclic) bond motifs is 1. The topological polar surface area (TPSA) is 139 Å². The van der Waals surface area contributed by atoms with Crippen LogP contribution in [0.1, 0.15) is 62.6 Å². The van der Waals surface area contributed by atoms with E-state index in [0.29, 0.717) is 40.6 Å². The van der Waals surface area contributed by atoms with Gasteiger partial charge in [0.05, 0.1) is 22.9 Å². The van der Waals surface area contributed by atoms with E-state index < -0.39 is 11.5 Å². The highest BCUT2D eigenvalue weighted by atomic mass is 35.5. The maximum absolute atomic E-state index is 15.1. The zero-order chi connectivity index (χ0) is 31.2. The van der Waals surface area contributed by atoms with E-state index in [4.69, 9.17) is 23.1 Å². The minimum Gasteiger partial charge on any atom is -0.373 e. The molecule has 0 amide bonds. The number of hydrogen-bond donors (Lipinski definition) is 5. The minimum atomic E-state index is -0.509. The van der Waals surface area contributed by atoms with Crippen LogP contribution in [-0.4, -0.2) is 52.6 Å². The molecule has 0 unspecified atom stereocenters. The summed E-state index contributed by atoms with van der Waals surface area (Å²) in [5.74, 6) is 0.311. The molecule has 2 aromatic heterocycles. The summed E-state index contributed by atoms with van der Waals surface area (Å²) >= 11 is 6.26. The summed E-state index contributed by atoms with van der Waals surface area (Å²) in [4.78, 5) is 24.6. The molecule has 11 heteroatoms. The summed E-state index contributed by atoms with van der Waals surface area (Å²) < 4.78 is 16.6. The van der Waals surface area contributed by atoms with Crippen LogP contribution < -0.4 is 27.8 Å². The Morgan fingerprint density at radius 1 is 1.25 bits per heavy atom. The minimum absolute atomic E-state index is 0.0618. The van der Waals surface area contributed by atoms with E-state index in [1.807, 2.05) is 19.1 Å². The van der Waals surface area contributed by atoms with Gasteiger partial charge in [0.1, 0.15) is 11.5 Å². The quantitative estimate of drug-likeness (QED) is 0.118. The fourth-order valence-corrected chi connectivity index (χ4v) is 6.19. The molecule has 1 fully saturated rings. The molecule has 0 aliphatic carbocycles. The van der Waals surface area contributed by atoms with Crippen molar-refractivity contribution in [2.75, 3.05) is 20.1 Å². The summed E-state index contributed by atoms with van der Waals surface area (Å²) in [6.07, 6.45) is 8.55. The SMILES string of the molecule is CN=C(CN)NCC[C@@H]1CCC[C@@H](c2ccc(-n3cc4cc(-c5cc(CCC[C@H](C)N)cc(Cl)c5F)[nH]c4nc3=O)cc2)N1. The highest BCUT2D eigenvalue weighted by Crippen LogP contribution is 2.32. The third kappa shape index (κ3) is 7.55. The summed E-state index contributed by atoms with van der Waals surface area (Å²) in [6.45, 7) is 3.21. The average Bonchev–Trinajstić information content (AvgIpc) is 3.43. The molecule has 3 atom stereocenters. The average molecular weight is 621 g/mol. The number of aryl methyl sites for hydroxylation is 1. The van der Waals surface area contributed by atoms with Crippen LogP contribution >= 0.6 is 11.6 Å². The molecule has 3 heterocycles. The second-order valence-electron chi connectivity index (χ2n) is 11.7. The molecule has 1 aliphatic heterocycles. The zero-order valence-electron chi connectivity index (χ0n) is 25.4. The number of nitrogens with one attached hydrogen (secondary N) is 3. The lowest BCUT2D eigenvalue weighted by atomic mass is 9.92. The van der Waals surface area contributed by atoms with Crippen molar-refractivity contribution in [3.8, 4) is 16.9 Å². The number of benzene rings is 2. The smallest absolute Gasteiger partial charge is 0.354 e. The summed E-state index contributed by atoms with van der Waals surface area (Å²) in [7, 11) is 1.75. The Morgan fingerprint density at radius 2 is 2.05 bits per heavy atom. The van der Waals surface area contributed by atoms with Crippen molar-refractivity contribution >= 4 is 28.5 Å². The molecule has 0 spiro atoms. The van der Waals surface area contributed by atoms with Crippen molar-refractivity contribution in [1.29, 1.82) is 0 Å². The standard InChI is InChI=1S/C33H42ClFN8O/c1-20(37)5-3-6-21-15-26(31(35)27(34)16-21)29-17-23-19-43(33(44)42-32(23)41-29)25-11-9-22(10-12-25)28-8-4-7-24(40-28)13-14-39-30(18-36)38-2/h9-12,15-17,19-20,24,28,40H,3-8,13-14,18,36-37H2,1-2H3,(H,38,39)(H,41,42,44)/t20-,24-,28-/m0/s1. The van der Waals surface area contributed by atoms with Crippen LogP contribution in [0.3, 0.4) is 0 Å². The monoisotopic (exact) mass is 620 g/mol. The Balaban J connectivity index is 1.31. The third-order valence-electron chi connectivity index (χ3n) is 8.35. The Morgan fingerprint density at radius 3 is 2.77 bits per heavy atom. The number of H-pyrrole nitrogens is 1. The molecule has 5 rings (SSSR count). The van der Waals surface area contributed by atoms with Gasteiger partial charge in [0.25, 0.3) is 0 Å². The number of halogens is 2. The van der Waals surface area contributed by atoms with Crippen molar-refractivity contribution in [2.45, 2.75) is 70.0 Å². The van der Waals surface area contributed by atoms with E-state index in [2.05, 4.69) is 37.7 Å². The molecule has 0 saturated carbocycles. The summed E-state index contributed by atoms with van der Waals surface area (Å²) in [5, 5.41) is 7.84. The summed E-state index contributed by atoms with van der Waals surface area (Å²) in [6, 6.07) is 14.1. The highest BCUT2D eigenvalue weighted by molar-refractivity contribution is 6.31. The van der Waals surface area contributed by atoms with Crippen molar-refractivity contribution < 1.29 is 4.39 Å². The normalized spacial score (nSPS) is 18.1. The first-order valence-electron chi connectivity index (χ1n) is 15.4. The van der Waals surface area contributed by atoms with E-state index in [0.717, 1.165) is 62.9 Å². The van der Waals surface area contributed by atoms with Gasteiger partial charge in [0.2, 0.25) is 0 Å². The van der Waals surface area contributed by atoms with Crippen molar-refractivity contribution in [1.82, 2.24) is 25.2 Å². The third-order valence-corrected chi connectivity index (χ3v) is 8.63. The van der Waals surface area contributed by atoms with Crippen LogP contribution in [0, 0.1) is 5.82 Å². The molecule has 0 bridgehead atoms. The number of aliphatic imine (C=N–C) groups is 1. The van der Waals surface area contributed by atoms with E-state index in [-0.39, 0.29) is 17.1 Å². The fourth-order valence-electron chi connectivity index (χ4n) is 5.95. The Bertz CT molecular complexity index is 1660. The number of piperidine rings is 1. The maximum Gasteiger partial charge on any atom is 0.354 e. The van der Waals surface area contributed by atoms with E-state index >= 15 is 4.39 Å². The predicted octanol–water partition coefficient (Wildman–Crippen LogP) is 4.99. The van der Waals surface area contributed by atoms with Crippen LogP contribution in [0.2, 0.25) is 5.02 Å². The molecule has 0 radical (unpaired) electrons. The van der Waals surface area contributed by atoms with Gasteiger partial charge in [-0.2, -0.15) is 4.98 Å². The van der Waals surface area contributed by atoms with Crippen LogP contribution in [0.5, 0.6) is 0 Å². The van der Waals surface area contributed by atoms with E-state index in [1.54, 1.807) is 31.4 Å². The van der Waals surface area contributed by atoms with Crippen LogP contribution in [0.25, 0.3) is 28.0 Å².